The quantitative estimate of drug-likeness (QED) is 0.854. The molecule has 0 amide bonds. The third-order valence-corrected chi connectivity index (χ3v) is 2.29. The van der Waals surface area contributed by atoms with Crippen LogP contribution in [0.2, 0.25) is 0 Å². The van der Waals surface area contributed by atoms with Crippen molar-refractivity contribution in [2.24, 2.45) is 0 Å². The van der Waals surface area contributed by atoms with Gasteiger partial charge in [0.15, 0.2) is 0 Å². The van der Waals surface area contributed by atoms with Gasteiger partial charge in [0.1, 0.15) is 5.75 Å². The summed E-state index contributed by atoms with van der Waals surface area (Å²) < 4.78 is 7.55. The number of nitrogens with zero attached hydrogens (tertiary/aromatic N) is 2. The maximum Gasteiger partial charge on any atom is 0.207 e. The van der Waals surface area contributed by atoms with E-state index < -0.39 is 0 Å². The van der Waals surface area contributed by atoms with Gasteiger partial charge in [-0.1, -0.05) is 12.1 Å². The molecule has 0 saturated carbocycles. The van der Waals surface area contributed by atoms with Gasteiger partial charge in [-0.2, -0.15) is 0 Å². The summed E-state index contributed by atoms with van der Waals surface area (Å²) >= 11 is 0. The van der Waals surface area contributed by atoms with Crippen molar-refractivity contribution in [3.63, 3.8) is 0 Å². The highest BCUT2D eigenvalue weighted by molar-refractivity contribution is 5.51. The van der Waals surface area contributed by atoms with Gasteiger partial charge in [0.05, 0.1) is 12.3 Å². The first-order valence-corrected chi connectivity index (χ1v) is 5.30. The molecule has 0 bridgehead atoms. The number of benzene rings is 1. The van der Waals surface area contributed by atoms with E-state index in [4.69, 9.17) is 4.74 Å². The van der Waals surface area contributed by atoms with Crippen molar-refractivity contribution in [3.05, 3.63) is 36.7 Å². The maximum absolute atomic E-state index is 5.58. The fourth-order valence-electron chi connectivity index (χ4n) is 1.62. The second kappa shape index (κ2) is 4.70. The molecule has 4 heteroatoms. The van der Waals surface area contributed by atoms with Crippen LogP contribution in [0.4, 0.5) is 5.95 Å². The van der Waals surface area contributed by atoms with Gasteiger partial charge in [0, 0.05) is 19.4 Å². The molecule has 0 aliphatic carbocycles. The molecule has 4 nitrogen and oxygen atoms in total. The van der Waals surface area contributed by atoms with Gasteiger partial charge in [0.2, 0.25) is 5.95 Å². The van der Waals surface area contributed by atoms with Crippen LogP contribution in [0.25, 0.3) is 5.69 Å². The highest BCUT2D eigenvalue weighted by Crippen LogP contribution is 2.24. The zero-order valence-electron chi connectivity index (χ0n) is 9.47. The van der Waals surface area contributed by atoms with Crippen molar-refractivity contribution in [2.45, 2.75) is 6.92 Å². The standard InChI is InChI=1S/C12H15N3O/c1-3-16-11-7-5-4-6-10(11)15-9-8-14-12(15)13-2/h4-9H,3H2,1-2H3,(H,13,14). The van der Waals surface area contributed by atoms with E-state index in [0.29, 0.717) is 6.61 Å². The molecule has 0 fully saturated rings. The molecule has 0 unspecified atom stereocenters. The van der Waals surface area contributed by atoms with Gasteiger partial charge in [0.25, 0.3) is 0 Å². The predicted octanol–water partition coefficient (Wildman–Crippen LogP) is 2.31. The fraction of sp³-hybridized carbons (Fsp3) is 0.250. The van der Waals surface area contributed by atoms with Gasteiger partial charge in [-0.05, 0) is 19.1 Å². The van der Waals surface area contributed by atoms with E-state index in [-0.39, 0.29) is 0 Å². The van der Waals surface area contributed by atoms with E-state index in [1.165, 1.54) is 0 Å². The molecular formula is C12H15N3O. The van der Waals surface area contributed by atoms with Gasteiger partial charge < -0.3 is 10.1 Å². The number of rotatable bonds is 4. The molecule has 1 aromatic carbocycles. The highest BCUT2D eigenvalue weighted by Gasteiger charge is 2.07. The predicted molar refractivity (Wildman–Crippen MR) is 64.3 cm³/mol. The van der Waals surface area contributed by atoms with Crippen molar-refractivity contribution in [3.8, 4) is 11.4 Å². The summed E-state index contributed by atoms with van der Waals surface area (Å²) in [6.45, 7) is 2.63. The van der Waals surface area contributed by atoms with Crippen LogP contribution < -0.4 is 10.1 Å². The van der Waals surface area contributed by atoms with E-state index >= 15 is 0 Å². The lowest BCUT2D eigenvalue weighted by Crippen LogP contribution is -2.03. The second-order valence-electron chi connectivity index (χ2n) is 3.27. The van der Waals surface area contributed by atoms with Gasteiger partial charge in [-0.15, -0.1) is 0 Å². The first kappa shape index (κ1) is 10.5. The Labute approximate surface area is 94.9 Å². The average molecular weight is 217 g/mol. The Bertz CT molecular complexity index is 465. The Morgan fingerprint density at radius 2 is 2.19 bits per heavy atom. The van der Waals surface area contributed by atoms with Gasteiger partial charge >= 0.3 is 0 Å². The smallest absolute Gasteiger partial charge is 0.207 e. The number of ether oxygens (including phenoxy) is 1. The number of aromatic nitrogens is 2. The number of hydrogen-bond acceptors (Lipinski definition) is 3. The van der Waals surface area contributed by atoms with Crippen LogP contribution in [0.3, 0.4) is 0 Å². The molecule has 0 saturated heterocycles. The molecule has 0 aliphatic heterocycles. The molecule has 0 atom stereocenters. The average Bonchev–Trinajstić information content (AvgIpc) is 2.78. The summed E-state index contributed by atoms with van der Waals surface area (Å²) in [7, 11) is 1.85. The van der Waals surface area contributed by atoms with E-state index in [2.05, 4.69) is 10.3 Å². The first-order valence-electron chi connectivity index (χ1n) is 5.30. The number of anilines is 1. The molecule has 0 radical (unpaired) electrons. The molecule has 0 aliphatic rings. The molecule has 2 rings (SSSR count). The van der Waals surface area contributed by atoms with Crippen molar-refractivity contribution in [1.29, 1.82) is 0 Å². The van der Waals surface area contributed by atoms with Crippen LogP contribution in [0.1, 0.15) is 6.92 Å². The fourth-order valence-corrected chi connectivity index (χ4v) is 1.62. The Morgan fingerprint density at radius 1 is 1.38 bits per heavy atom. The Hall–Kier alpha value is -1.97. The van der Waals surface area contributed by atoms with Crippen LogP contribution in [-0.4, -0.2) is 23.2 Å². The van der Waals surface area contributed by atoms with E-state index in [1.807, 2.05) is 49.0 Å². The van der Waals surface area contributed by atoms with Crippen molar-refractivity contribution in [1.82, 2.24) is 9.55 Å². The molecule has 0 spiro atoms. The van der Waals surface area contributed by atoms with E-state index in [9.17, 15) is 0 Å². The number of nitrogens with one attached hydrogen (secondary N) is 1. The molecule has 1 aromatic heterocycles. The zero-order valence-corrected chi connectivity index (χ0v) is 9.47. The Balaban J connectivity index is 2.46. The van der Waals surface area contributed by atoms with Gasteiger partial charge in [-0.3, -0.25) is 4.57 Å². The molecule has 2 aromatic rings. The summed E-state index contributed by atoms with van der Waals surface area (Å²) in [4.78, 5) is 4.21. The minimum atomic E-state index is 0.653. The van der Waals surface area contributed by atoms with Crippen LogP contribution in [0, 0.1) is 0 Å². The topological polar surface area (TPSA) is 39.1 Å². The van der Waals surface area contributed by atoms with Crippen molar-refractivity contribution >= 4 is 5.95 Å². The zero-order chi connectivity index (χ0) is 11.4. The van der Waals surface area contributed by atoms with Crippen molar-refractivity contribution < 1.29 is 4.74 Å². The lowest BCUT2D eigenvalue weighted by molar-refractivity contribution is 0.339. The van der Waals surface area contributed by atoms with E-state index in [1.54, 1.807) is 6.20 Å². The van der Waals surface area contributed by atoms with Crippen LogP contribution in [0.15, 0.2) is 36.7 Å². The Kier molecular flexibility index (Phi) is 3.10. The maximum atomic E-state index is 5.58. The largest absolute Gasteiger partial charge is 0.492 e. The second-order valence-corrected chi connectivity index (χ2v) is 3.27. The summed E-state index contributed by atoms with van der Waals surface area (Å²) in [6.07, 6.45) is 3.66. The van der Waals surface area contributed by atoms with Crippen LogP contribution in [-0.2, 0) is 0 Å². The third kappa shape index (κ3) is 1.86. The SMILES string of the molecule is CCOc1ccccc1-n1ccnc1NC. The number of imidazole rings is 1. The van der Waals surface area contributed by atoms with Crippen molar-refractivity contribution in [2.75, 3.05) is 19.0 Å². The molecule has 1 N–H and O–H groups in total. The summed E-state index contributed by atoms with van der Waals surface area (Å²) in [5, 5.41) is 3.04. The monoisotopic (exact) mass is 217 g/mol. The third-order valence-electron chi connectivity index (χ3n) is 2.29. The van der Waals surface area contributed by atoms with Crippen LogP contribution >= 0.6 is 0 Å². The molecule has 1 heterocycles. The first-order chi connectivity index (χ1) is 7.86. The molecule has 16 heavy (non-hydrogen) atoms. The lowest BCUT2D eigenvalue weighted by Gasteiger charge is -2.12. The Morgan fingerprint density at radius 3 is 2.94 bits per heavy atom. The highest BCUT2D eigenvalue weighted by atomic mass is 16.5. The van der Waals surface area contributed by atoms with Gasteiger partial charge in [-0.25, -0.2) is 4.98 Å². The minimum Gasteiger partial charge on any atom is -0.492 e. The summed E-state index contributed by atoms with van der Waals surface area (Å²) in [5.74, 6) is 1.66. The lowest BCUT2D eigenvalue weighted by atomic mass is 10.3. The minimum absolute atomic E-state index is 0.653. The number of para-hydroxylation sites is 2. The van der Waals surface area contributed by atoms with E-state index in [0.717, 1.165) is 17.4 Å². The molecular weight excluding hydrogens is 202 g/mol. The molecule has 84 valence electrons. The normalized spacial score (nSPS) is 10.1. The number of hydrogen-bond donors (Lipinski definition) is 1. The van der Waals surface area contributed by atoms with Crippen LogP contribution in [0.5, 0.6) is 5.75 Å². The summed E-state index contributed by atoms with van der Waals surface area (Å²) in [6, 6.07) is 7.91. The summed E-state index contributed by atoms with van der Waals surface area (Å²) in [5.41, 5.74) is 0.992.